The third kappa shape index (κ3) is 5.00. The molecule has 2 aromatic rings. The standard InChI is InChI=1S/C16H15F4NO3S/c17-12-6-7-15(14(9-12)16(18,19)20)25(23,24)21-13(10-22)8-11-4-2-1-3-5-11/h1-7,9,13,21-22H,8,10H2/t13-/m1/s1. The molecule has 4 nitrogen and oxygen atoms in total. The summed E-state index contributed by atoms with van der Waals surface area (Å²) in [5.41, 5.74) is -0.907. The van der Waals surface area contributed by atoms with Gasteiger partial charge in [0.15, 0.2) is 0 Å². The predicted octanol–water partition coefficient (Wildman–Crippen LogP) is 2.73. The van der Waals surface area contributed by atoms with E-state index in [1.54, 1.807) is 30.3 Å². The van der Waals surface area contributed by atoms with E-state index in [0.717, 1.165) is 0 Å². The van der Waals surface area contributed by atoms with E-state index >= 15 is 0 Å². The summed E-state index contributed by atoms with van der Waals surface area (Å²) in [5, 5.41) is 9.36. The fourth-order valence-electron chi connectivity index (χ4n) is 2.28. The van der Waals surface area contributed by atoms with Crippen LogP contribution in [0.5, 0.6) is 0 Å². The summed E-state index contributed by atoms with van der Waals surface area (Å²) >= 11 is 0. The van der Waals surface area contributed by atoms with Crippen molar-refractivity contribution in [2.75, 3.05) is 6.61 Å². The Morgan fingerprint density at radius 2 is 1.72 bits per heavy atom. The van der Waals surface area contributed by atoms with Gasteiger partial charge in [0.05, 0.1) is 17.1 Å². The first kappa shape index (κ1) is 19.4. The molecule has 1 atom stereocenters. The largest absolute Gasteiger partial charge is 0.417 e. The van der Waals surface area contributed by atoms with Crippen molar-refractivity contribution < 1.29 is 31.1 Å². The fourth-order valence-corrected chi connectivity index (χ4v) is 3.72. The molecule has 0 spiro atoms. The smallest absolute Gasteiger partial charge is 0.395 e. The molecule has 0 fully saturated rings. The molecule has 0 saturated heterocycles. The van der Waals surface area contributed by atoms with E-state index in [2.05, 4.69) is 0 Å². The van der Waals surface area contributed by atoms with E-state index in [1.807, 2.05) is 4.72 Å². The van der Waals surface area contributed by atoms with Gasteiger partial charge < -0.3 is 5.11 Å². The van der Waals surface area contributed by atoms with Crippen molar-refractivity contribution in [3.63, 3.8) is 0 Å². The second-order valence-electron chi connectivity index (χ2n) is 5.33. The summed E-state index contributed by atoms with van der Waals surface area (Å²) in [6, 6.07) is 8.83. The Hall–Kier alpha value is -1.97. The van der Waals surface area contributed by atoms with Crippen molar-refractivity contribution in [1.29, 1.82) is 0 Å². The lowest BCUT2D eigenvalue weighted by atomic mass is 10.1. The number of aliphatic hydroxyl groups excluding tert-OH is 1. The van der Waals surface area contributed by atoms with E-state index in [9.17, 15) is 31.1 Å². The Kier molecular flexibility index (Phi) is 5.81. The van der Waals surface area contributed by atoms with Gasteiger partial charge in [-0.15, -0.1) is 0 Å². The maximum Gasteiger partial charge on any atom is 0.417 e. The Bertz CT molecular complexity index is 823. The first-order chi connectivity index (χ1) is 11.6. The molecule has 2 rings (SSSR count). The predicted molar refractivity (Wildman–Crippen MR) is 82.7 cm³/mol. The monoisotopic (exact) mass is 377 g/mol. The highest BCUT2D eigenvalue weighted by Gasteiger charge is 2.38. The van der Waals surface area contributed by atoms with Crippen LogP contribution in [-0.4, -0.2) is 26.2 Å². The molecule has 25 heavy (non-hydrogen) atoms. The molecule has 0 bridgehead atoms. The number of aliphatic hydroxyl groups is 1. The average molecular weight is 377 g/mol. The molecule has 0 aliphatic carbocycles. The lowest BCUT2D eigenvalue weighted by Crippen LogP contribution is -2.39. The van der Waals surface area contributed by atoms with Crippen LogP contribution in [0.2, 0.25) is 0 Å². The van der Waals surface area contributed by atoms with Gasteiger partial charge in [-0.1, -0.05) is 30.3 Å². The fraction of sp³-hybridized carbons (Fsp3) is 0.250. The van der Waals surface area contributed by atoms with Gasteiger partial charge >= 0.3 is 6.18 Å². The van der Waals surface area contributed by atoms with Crippen LogP contribution in [-0.2, 0) is 22.6 Å². The molecule has 0 aliphatic heterocycles. The normalized spacial score (nSPS) is 13.6. The van der Waals surface area contributed by atoms with Crippen molar-refractivity contribution in [3.05, 3.63) is 65.5 Å². The minimum absolute atomic E-state index is 0.0825. The van der Waals surface area contributed by atoms with E-state index in [0.29, 0.717) is 17.7 Å². The Balaban J connectivity index is 2.32. The number of hydrogen-bond donors (Lipinski definition) is 2. The number of nitrogens with one attached hydrogen (secondary N) is 1. The summed E-state index contributed by atoms with van der Waals surface area (Å²) in [4.78, 5) is -1.09. The number of alkyl halides is 3. The lowest BCUT2D eigenvalue weighted by molar-refractivity contribution is -0.140. The number of hydrogen-bond acceptors (Lipinski definition) is 3. The molecule has 2 N–H and O–H groups in total. The highest BCUT2D eigenvalue weighted by Crippen LogP contribution is 2.34. The lowest BCUT2D eigenvalue weighted by Gasteiger charge is -2.19. The molecule has 0 amide bonds. The van der Waals surface area contributed by atoms with Crippen LogP contribution < -0.4 is 4.72 Å². The van der Waals surface area contributed by atoms with Gasteiger partial charge in [0.2, 0.25) is 10.0 Å². The molecular formula is C16H15F4NO3S. The van der Waals surface area contributed by atoms with Gasteiger partial charge in [-0.3, -0.25) is 0 Å². The van der Waals surface area contributed by atoms with Crippen LogP contribution in [0.3, 0.4) is 0 Å². The van der Waals surface area contributed by atoms with E-state index in [1.165, 1.54) is 0 Å². The van der Waals surface area contributed by atoms with Crippen LogP contribution in [0.1, 0.15) is 11.1 Å². The van der Waals surface area contributed by atoms with Gasteiger partial charge in [0.25, 0.3) is 0 Å². The van der Waals surface area contributed by atoms with E-state index in [4.69, 9.17) is 0 Å². The van der Waals surface area contributed by atoms with Crippen molar-refractivity contribution in [3.8, 4) is 0 Å². The Morgan fingerprint density at radius 1 is 1.08 bits per heavy atom. The Labute approximate surface area is 142 Å². The Morgan fingerprint density at radius 3 is 2.28 bits per heavy atom. The summed E-state index contributed by atoms with van der Waals surface area (Å²) in [6.45, 7) is -0.614. The van der Waals surface area contributed by atoms with Gasteiger partial charge in [0, 0.05) is 6.04 Å². The van der Waals surface area contributed by atoms with E-state index in [-0.39, 0.29) is 12.5 Å². The maximum atomic E-state index is 13.1. The summed E-state index contributed by atoms with van der Waals surface area (Å²) in [7, 11) is -4.62. The second-order valence-corrected chi connectivity index (χ2v) is 7.01. The van der Waals surface area contributed by atoms with Crippen LogP contribution in [0, 0.1) is 5.82 Å². The third-order valence-corrected chi connectivity index (χ3v) is 4.98. The van der Waals surface area contributed by atoms with E-state index < -0.39 is 45.1 Å². The topological polar surface area (TPSA) is 66.4 Å². The first-order valence-electron chi connectivity index (χ1n) is 7.17. The summed E-state index contributed by atoms with van der Waals surface area (Å²) < 4.78 is 78.9. The highest BCUT2D eigenvalue weighted by molar-refractivity contribution is 7.89. The maximum absolute atomic E-state index is 13.1. The summed E-state index contributed by atoms with van der Waals surface area (Å²) in [5.74, 6) is -1.20. The molecule has 9 heteroatoms. The van der Waals surface area contributed by atoms with Gasteiger partial charge in [-0.05, 0) is 30.2 Å². The minimum Gasteiger partial charge on any atom is -0.395 e. The highest BCUT2D eigenvalue weighted by atomic mass is 32.2. The number of benzene rings is 2. The van der Waals surface area contributed by atoms with Crippen LogP contribution in [0.25, 0.3) is 0 Å². The van der Waals surface area contributed by atoms with Crippen LogP contribution >= 0.6 is 0 Å². The van der Waals surface area contributed by atoms with Gasteiger partial charge in [-0.2, -0.15) is 13.2 Å². The zero-order valence-corrected chi connectivity index (χ0v) is 13.6. The minimum atomic E-state index is -5.04. The molecule has 0 radical (unpaired) electrons. The van der Waals surface area contributed by atoms with Crippen LogP contribution in [0.15, 0.2) is 53.4 Å². The third-order valence-electron chi connectivity index (χ3n) is 3.40. The molecule has 0 saturated carbocycles. The molecule has 2 aromatic carbocycles. The molecule has 136 valence electrons. The van der Waals surface area contributed by atoms with Crippen molar-refractivity contribution in [1.82, 2.24) is 4.72 Å². The number of sulfonamides is 1. The van der Waals surface area contributed by atoms with Crippen molar-refractivity contribution in [2.45, 2.75) is 23.5 Å². The zero-order chi connectivity index (χ0) is 18.7. The number of halogens is 4. The van der Waals surface area contributed by atoms with Crippen LogP contribution in [0.4, 0.5) is 17.6 Å². The molecule has 0 aromatic heterocycles. The molecule has 0 heterocycles. The van der Waals surface area contributed by atoms with Crippen molar-refractivity contribution in [2.24, 2.45) is 0 Å². The second kappa shape index (κ2) is 7.51. The summed E-state index contributed by atoms with van der Waals surface area (Å²) in [6.07, 6.45) is -4.96. The molecule has 0 aliphatic rings. The quantitative estimate of drug-likeness (QED) is 0.761. The number of rotatable bonds is 6. The first-order valence-corrected chi connectivity index (χ1v) is 8.65. The SMILES string of the molecule is O=S(=O)(N[C@@H](CO)Cc1ccccc1)c1ccc(F)cc1C(F)(F)F. The molecular weight excluding hydrogens is 362 g/mol. The zero-order valence-electron chi connectivity index (χ0n) is 12.8. The average Bonchev–Trinajstić information content (AvgIpc) is 2.54. The van der Waals surface area contributed by atoms with Gasteiger partial charge in [-0.25, -0.2) is 17.5 Å². The molecule has 0 unspecified atom stereocenters. The van der Waals surface area contributed by atoms with Gasteiger partial charge in [0.1, 0.15) is 5.82 Å². The van der Waals surface area contributed by atoms with Crippen molar-refractivity contribution >= 4 is 10.0 Å².